The summed E-state index contributed by atoms with van der Waals surface area (Å²) in [4.78, 5) is 5.40. The van der Waals surface area contributed by atoms with E-state index in [2.05, 4.69) is 20.4 Å². The molecule has 2 aromatic rings. The van der Waals surface area contributed by atoms with Crippen molar-refractivity contribution in [1.82, 2.24) is 25.2 Å². The Labute approximate surface area is 92.9 Å². The molecule has 0 spiro atoms. The summed E-state index contributed by atoms with van der Waals surface area (Å²) in [5, 5.41) is 21.5. The maximum absolute atomic E-state index is 9.95. The van der Waals surface area contributed by atoms with Crippen LogP contribution in [0.1, 0.15) is 23.1 Å². The third-order valence-electron chi connectivity index (χ3n) is 2.21. The monoisotopic (exact) mass is 219 g/mol. The SMILES string of the molecule is Cc1cncc(C(O)Cc2nnn(C)n2)c1. The minimum absolute atomic E-state index is 0.346. The highest BCUT2D eigenvalue weighted by Crippen LogP contribution is 2.15. The van der Waals surface area contributed by atoms with Crippen molar-refractivity contribution in [3.05, 3.63) is 35.4 Å². The Kier molecular flexibility index (Phi) is 2.91. The Morgan fingerprint density at radius 2 is 2.25 bits per heavy atom. The van der Waals surface area contributed by atoms with Crippen LogP contribution in [0.25, 0.3) is 0 Å². The van der Waals surface area contributed by atoms with Crippen molar-refractivity contribution in [2.45, 2.75) is 19.4 Å². The molecular weight excluding hydrogens is 206 g/mol. The third-order valence-corrected chi connectivity index (χ3v) is 2.21. The van der Waals surface area contributed by atoms with E-state index >= 15 is 0 Å². The normalized spacial score (nSPS) is 12.7. The van der Waals surface area contributed by atoms with Crippen molar-refractivity contribution >= 4 is 0 Å². The average Bonchev–Trinajstić information content (AvgIpc) is 2.64. The minimum atomic E-state index is -0.642. The highest BCUT2D eigenvalue weighted by molar-refractivity contribution is 5.19. The van der Waals surface area contributed by atoms with Crippen LogP contribution in [0.5, 0.6) is 0 Å². The van der Waals surface area contributed by atoms with Crippen LogP contribution in [0.4, 0.5) is 0 Å². The molecule has 0 amide bonds. The molecule has 6 nitrogen and oxygen atoms in total. The Balaban J connectivity index is 2.11. The zero-order valence-electron chi connectivity index (χ0n) is 9.20. The summed E-state index contributed by atoms with van der Waals surface area (Å²) >= 11 is 0. The number of aliphatic hydroxyl groups is 1. The topological polar surface area (TPSA) is 76.7 Å². The van der Waals surface area contributed by atoms with Crippen molar-refractivity contribution in [2.75, 3.05) is 0 Å². The molecule has 0 aliphatic carbocycles. The molecule has 0 radical (unpaired) electrons. The van der Waals surface area contributed by atoms with Gasteiger partial charge in [0, 0.05) is 18.8 Å². The van der Waals surface area contributed by atoms with Gasteiger partial charge in [-0.05, 0) is 23.3 Å². The quantitative estimate of drug-likeness (QED) is 0.797. The lowest BCUT2D eigenvalue weighted by molar-refractivity contribution is 0.175. The second kappa shape index (κ2) is 4.36. The Morgan fingerprint density at radius 3 is 2.88 bits per heavy atom. The van der Waals surface area contributed by atoms with E-state index in [4.69, 9.17) is 0 Å². The Hall–Kier alpha value is -1.82. The van der Waals surface area contributed by atoms with E-state index in [9.17, 15) is 5.11 Å². The van der Waals surface area contributed by atoms with E-state index in [0.717, 1.165) is 11.1 Å². The summed E-state index contributed by atoms with van der Waals surface area (Å²) in [6, 6.07) is 1.90. The number of tetrazole rings is 1. The van der Waals surface area contributed by atoms with E-state index in [-0.39, 0.29) is 0 Å². The van der Waals surface area contributed by atoms with Crippen LogP contribution in [0.3, 0.4) is 0 Å². The van der Waals surface area contributed by atoms with Crippen LogP contribution < -0.4 is 0 Å². The van der Waals surface area contributed by atoms with Crippen LogP contribution >= 0.6 is 0 Å². The van der Waals surface area contributed by atoms with Crippen molar-refractivity contribution in [2.24, 2.45) is 7.05 Å². The summed E-state index contributed by atoms with van der Waals surface area (Å²) in [5.74, 6) is 0.525. The summed E-state index contributed by atoms with van der Waals surface area (Å²) < 4.78 is 0. The highest BCUT2D eigenvalue weighted by Gasteiger charge is 2.12. The molecule has 0 saturated carbocycles. The standard InChI is InChI=1S/C10H13N5O/c1-7-3-8(6-11-5-7)9(16)4-10-12-14-15(2)13-10/h3,5-6,9,16H,4H2,1-2H3. The smallest absolute Gasteiger partial charge is 0.177 e. The fourth-order valence-electron chi connectivity index (χ4n) is 1.46. The molecule has 1 atom stereocenters. The lowest BCUT2D eigenvalue weighted by atomic mass is 10.1. The summed E-state index contributed by atoms with van der Waals surface area (Å²) in [7, 11) is 1.69. The molecule has 0 saturated heterocycles. The predicted molar refractivity (Wildman–Crippen MR) is 56.4 cm³/mol. The van der Waals surface area contributed by atoms with Crippen molar-refractivity contribution < 1.29 is 5.11 Å². The average molecular weight is 219 g/mol. The molecule has 0 fully saturated rings. The molecule has 0 aliphatic rings. The second-order valence-corrected chi connectivity index (χ2v) is 3.71. The van der Waals surface area contributed by atoms with Gasteiger partial charge < -0.3 is 5.11 Å². The molecule has 2 heterocycles. The second-order valence-electron chi connectivity index (χ2n) is 3.71. The molecule has 16 heavy (non-hydrogen) atoms. The largest absolute Gasteiger partial charge is 0.388 e. The van der Waals surface area contributed by atoms with Crippen molar-refractivity contribution in [3.8, 4) is 0 Å². The molecule has 84 valence electrons. The summed E-state index contributed by atoms with van der Waals surface area (Å²) in [6.07, 6.45) is 3.10. The fraction of sp³-hybridized carbons (Fsp3) is 0.400. The number of aryl methyl sites for hydroxylation is 2. The van der Waals surface area contributed by atoms with Gasteiger partial charge >= 0.3 is 0 Å². The van der Waals surface area contributed by atoms with Crippen LogP contribution in [-0.4, -0.2) is 30.3 Å². The number of pyridine rings is 1. The van der Waals surface area contributed by atoms with E-state index in [0.29, 0.717) is 12.2 Å². The zero-order valence-corrected chi connectivity index (χ0v) is 9.20. The molecule has 1 N–H and O–H groups in total. The molecule has 0 aliphatic heterocycles. The first-order chi connectivity index (χ1) is 7.65. The van der Waals surface area contributed by atoms with Crippen molar-refractivity contribution in [1.29, 1.82) is 0 Å². The van der Waals surface area contributed by atoms with Gasteiger partial charge in [0.05, 0.1) is 13.2 Å². The van der Waals surface area contributed by atoms with Crippen molar-refractivity contribution in [3.63, 3.8) is 0 Å². The van der Waals surface area contributed by atoms with Gasteiger partial charge in [0.15, 0.2) is 5.82 Å². The Bertz CT molecular complexity index is 482. The molecule has 1 unspecified atom stereocenters. The maximum atomic E-state index is 9.95. The first kappa shape index (κ1) is 10.7. The zero-order chi connectivity index (χ0) is 11.5. The van der Waals surface area contributed by atoms with Gasteiger partial charge in [0.1, 0.15) is 0 Å². The minimum Gasteiger partial charge on any atom is -0.388 e. The maximum Gasteiger partial charge on any atom is 0.177 e. The highest BCUT2D eigenvalue weighted by atomic mass is 16.3. The van der Waals surface area contributed by atoms with Gasteiger partial charge in [-0.2, -0.15) is 4.80 Å². The van der Waals surface area contributed by atoms with Crippen LogP contribution in [0.2, 0.25) is 0 Å². The number of aliphatic hydroxyl groups excluding tert-OH is 1. The predicted octanol–water partition coefficient (Wildman–Crippen LogP) is 0.190. The van der Waals surface area contributed by atoms with Gasteiger partial charge in [-0.15, -0.1) is 10.2 Å². The number of rotatable bonds is 3. The van der Waals surface area contributed by atoms with Gasteiger partial charge in [-0.1, -0.05) is 6.07 Å². The van der Waals surface area contributed by atoms with E-state index in [1.807, 2.05) is 13.0 Å². The van der Waals surface area contributed by atoms with Gasteiger partial charge in [-0.25, -0.2) is 0 Å². The van der Waals surface area contributed by atoms with Crippen LogP contribution in [0, 0.1) is 6.92 Å². The Morgan fingerprint density at radius 1 is 1.44 bits per heavy atom. The van der Waals surface area contributed by atoms with Gasteiger partial charge in [0.25, 0.3) is 0 Å². The number of hydrogen-bond acceptors (Lipinski definition) is 5. The van der Waals surface area contributed by atoms with E-state index in [1.54, 1.807) is 19.4 Å². The lowest BCUT2D eigenvalue weighted by Crippen LogP contribution is -2.04. The first-order valence-electron chi connectivity index (χ1n) is 4.97. The number of aromatic nitrogens is 5. The molecule has 2 aromatic heterocycles. The molecule has 6 heteroatoms. The summed E-state index contributed by atoms with van der Waals surface area (Å²) in [6.45, 7) is 1.93. The van der Waals surface area contributed by atoms with E-state index in [1.165, 1.54) is 4.80 Å². The molecular formula is C10H13N5O. The van der Waals surface area contributed by atoms with E-state index < -0.39 is 6.10 Å². The van der Waals surface area contributed by atoms with Gasteiger partial charge in [0.2, 0.25) is 0 Å². The van der Waals surface area contributed by atoms with Crippen LogP contribution in [0.15, 0.2) is 18.5 Å². The van der Waals surface area contributed by atoms with Gasteiger partial charge in [-0.3, -0.25) is 4.98 Å². The number of nitrogens with zero attached hydrogens (tertiary/aromatic N) is 5. The third kappa shape index (κ3) is 2.40. The first-order valence-corrected chi connectivity index (χ1v) is 4.97. The lowest BCUT2D eigenvalue weighted by Gasteiger charge is -2.08. The molecule has 2 rings (SSSR count). The molecule has 0 aromatic carbocycles. The number of hydrogen-bond donors (Lipinski definition) is 1. The molecule has 0 bridgehead atoms. The summed E-state index contributed by atoms with van der Waals surface area (Å²) in [5.41, 5.74) is 1.79. The fourth-order valence-corrected chi connectivity index (χ4v) is 1.46. The van der Waals surface area contributed by atoms with Crippen LogP contribution in [-0.2, 0) is 13.5 Å².